The third-order valence-electron chi connectivity index (χ3n) is 11.8. The van der Waals surface area contributed by atoms with Crippen molar-refractivity contribution in [3.8, 4) is 0 Å². The van der Waals surface area contributed by atoms with Crippen molar-refractivity contribution in [2.24, 2.45) is 34.5 Å². The Labute approximate surface area is 320 Å². The molecule has 0 radical (unpaired) electrons. The van der Waals surface area contributed by atoms with Crippen LogP contribution in [0.3, 0.4) is 0 Å². The van der Waals surface area contributed by atoms with Gasteiger partial charge in [0, 0.05) is 5.92 Å². The first kappa shape index (κ1) is 45.0. The second-order valence-corrected chi connectivity index (χ2v) is 17.1. The molecule has 2 aliphatic carbocycles. The maximum absolute atomic E-state index is 10.1. The van der Waals surface area contributed by atoms with E-state index in [1.165, 1.54) is 39.0 Å². The highest BCUT2D eigenvalue weighted by Crippen LogP contribution is 2.49. The van der Waals surface area contributed by atoms with Crippen LogP contribution in [0.4, 0.5) is 0 Å². The van der Waals surface area contributed by atoms with Crippen LogP contribution in [0.2, 0.25) is 0 Å². The first-order valence-corrected chi connectivity index (χ1v) is 19.8. The van der Waals surface area contributed by atoms with Crippen molar-refractivity contribution in [1.29, 1.82) is 0 Å². The molecule has 2 nitrogen and oxygen atoms in total. The standard InChI is InChI=1S/C50H74O2/c1-37(2)23-29-45-32-28-44(36-52)48(50(45,11)12)34-26-41(6)22-16-20-39(4)18-14-13-17-38(3)19-15-21-40(5)25-33-47-43(8)27-31-46(49(47,9)10)30-24-42(7)35-51/h13-25,27-28,33,45-48,51-52H,26,29-32,34-36H2,1-12H3. The molecule has 2 aliphatic rings. The van der Waals surface area contributed by atoms with Gasteiger partial charge in [0.1, 0.15) is 0 Å². The highest BCUT2D eigenvalue weighted by atomic mass is 16.3. The maximum atomic E-state index is 10.1. The van der Waals surface area contributed by atoms with Gasteiger partial charge in [0.2, 0.25) is 0 Å². The van der Waals surface area contributed by atoms with Gasteiger partial charge in [-0.1, -0.05) is 164 Å². The molecule has 0 bridgehead atoms. The van der Waals surface area contributed by atoms with E-state index in [1.54, 1.807) is 0 Å². The van der Waals surface area contributed by atoms with Crippen LogP contribution in [0, 0.1) is 34.5 Å². The lowest BCUT2D eigenvalue weighted by Crippen LogP contribution is -2.37. The molecule has 52 heavy (non-hydrogen) atoms. The normalized spacial score (nSPS) is 25.1. The average Bonchev–Trinajstić information content (AvgIpc) is 3.07. The Bertz CT molecular complexity index is 1530. The smallest absolute Gasteiger partial charge is 0.0644 e. The Balaban J connectivity index is 1.92. The average molecular weight is 707 g/mol. The summed E-state index contributed by atoms with van der Waals surface area (Å²) in [5.41, 5.74) is 10.5. The lowest BCUT2D eigenvalue weighted by Gasteiger charge is -2.45. The third kappa shape index (κ3) is 14.7. The molecule has 2 heteroatoms. The number of aliphatic hydroxyl groups excluding tert-OH is 2. The number of rotatable bonds is 17. The second kappa shape index (κ2) is 22.1. The van der Waals surface area contributed by atoms with Crippen molar-refractivity contribution < 1.29 is 10.2 Å². The minimum atomic E-state index is 0.144. The molecule has 0 heterocycles. The predicted octanol–water partition coefficient (Wildman–Crippen LogP) is 13.7. The minimum Gasteiger partial charge on any atom is -0.392 e. The Morgan fingerprint density at radius 1 is 0.673 bits per heavy atom. The molecule has 0 amide bonds. The fourth-order valence-corrected chi connectivity index (χ4v) is 7.82. The van der Waals surface area contributed by atoms with E-state index in [0.29, 0.717) is 23.7 Å². The molecule has 4 atom stereocenters. The van der Waals surface area contributed by atoms with Crippen LogP contribution in [0.25, 0.3) is 0 Å². The molecule has 0 spiro atoms. The summed E-state index contributed by atoms with van der Waals surface area (Å²) in [4.78, 5) is 0. The highest BCUT2D eigenvalue weighted by molar-refractivity contribution is 5.32. The topological polar surface area (TPSA) is 40.5 Å². The molecule has 0 saturated heterocycles. The van der Waals surface area contributed by atoms with Gasteiger partial charge in [-0.25, -0.2) is 0 Å². The zero-order chi connectivity index (χ0) is 38.9. The van der Waals surface area contributed by atoms with Gasteiger partial charge in [0.15, 0.2) is 0 Å². The van der Waals surface area contributed by atoms with Crippen LogP contribution in [-0.4, -0.2) is 23.4 Å². The highest BCUT2D eigenvalue weighted by Gasteiger charge is 2.40. The summed E-state index contributed by atoms with van der Waals surface area (Å²) < 4.78 is 0. The van der Waals surface area contributed by atoms with Crippen molar-refractivity contribution in [1.82, 2.24) is 0 Å². The lowest BCUT2D eigenvalue weighted by molar-refractivity contribution is 0.107. The maximum Gasteiger partial charge on any atom is 0.0644 e. The molecule has 0 aliphatic heterocycles. The molecule has 2 rings (SSSR count). The van der Waals surface area contributed by atoms with E-state index in [4.69, 9.17) is 0 Å². The van der Waals surface area contributed by atoms with Crippen LogP contribution in [0.1, 0.15) is 122 Å². The largest absolute Gasteiger partial charge is 0.392 e. The summed E-state index contributed by atoms with van der Waals surface area (Å²) in [6.07, 6.45) is 41.9. The summed E-state index contributed by atoms with van der Waals surface area (Å²) in [5.74, 6) is 2.00. The van der Waals surface area contributed by atoms with Crippen LogP contribution in [-0.2, 0) is 0 Å². The van der Waals surface area contributed by atoms with E-state index < -0.39 is 0 Å². The third-order valence-corrected chi connectivity index (χ3v) is 11.8. The minimum absolute atomic E-state index is 0.144. The number of aliphatic hydroxyl groups is 2. The van der Waals surface area contributed by atoms with Gasteiger partial charge in [-0.3, -0.25) is 0 Å². The molecular weight excluding hydrogens is 633 g/mol. The van der Waals surface area contributed by atoms with Crippen molar-refractivity contribution in [3.63, 3.8) is 0 Å². The number of allylic oxidation sites excluding steroid dienone is 22. The Morgan fingerprint density at radius 2 is 1.21 bits per heavy atom. The van der Waals surface area contributed by atoms with Gasteiger partial charge in [-0.05, 0) is 128 Å². The molecule has 0 aromatic carbocycles. The monoisotopic (exact) mass is 707 g/mol. The van der Waals surface area contributed by atoms with Gasteiger partial charge in [0.25, 0.3) is 0 Å². The van der Waals surface area contributed by atoms with E-state index in [-0.39, 0.29) is 24.0 Å². The molecule has 0 fully saturated rings. The van der Waals surface area contributed by atoms with Gasteiger partial charge in [-0.2, -0.15) is 0 Å². The van der Waals surface area contributed by atoms with E-state index in [9.17, 15) is 10.2 Å². The quantitative estimate of drug-likeness (QED) is 0.117. The SMILES string of the molecule is CC(C)=CCC1CC=C(CO)C(CCC(C)=CC=CC(C)=CC=CC=C(C)C=CC=C(C)C=CC2C(C)=CCC(CC=C(C)CO)C2(C)C)C1(C)C. The fourth-order valence-electron chi connectivity index (χ4n) is 7.82. The van der Waals surface area contributed by atoms with E-state index in [2.05, 4.69) is 173 Å². The van der Waals surface area contributed by atoms with Gasteiger partial charge in [0.05, 0.1) is 13.2 Å². The van der Waals surface area contributed by atoms with Crippen molar-refractivity contribution in [2.45, 2.75) is 122 Å². The van der Waals surface area contributed by atoms with Crippen molar-refractivity contribution in [3.05, 3.63) is 142 Å². The Hall–Kier alpha value is -3.20. The Morgan fingerprint density at radius 3 is 1.81 bits per heavy atom. The fraction of sp³-hybridized carbons (Fsp3) is 0.520. The van der Waals surface area contributed by atoms with Gasteiger partial charge in [-0.15, -0.1) is 0 Å². The van der Waals surface area contributed by atoms with Crippen LogP contribution < -0.4 is 0 Å². The molecule has 0 aromatic heterocycles. The van der Waals surface area contributed by atoms with Crippen LogP contribution in [0.15, 0.2) is 142 Å². The van der Waals surface area contributed by atoms with Crippen LogP contribution in [0.5, 0.6) is 0 Å². The van der Waals surface area contributed by atoms with Crippen LogP contribution >= 0.6 is 0 Å². The summed E-state index contributed by atoms with van der Waals surface area (Å²) >= 11 is 0. The number of hydrogen-bond donors (Lipinski definition) is 2. The summed E-state index contributed by atoms with van der Waals surface area (Å²) in [5, 5.41) is 19.5. The van der Waals surface area contributed by atoms with E-state index >= 15 is 0 Å². The second-order valence-electron chi connectivity index (χ2n) is 17.1. The predicted molar refractivity (Wildman–Crippen MR) is 230 cm³/mol. The Kier molecular flexibility index (Phi) is 19.1. The molecule has 0 aromatic rings. The van der Waals surface area contributed by atoms with E-state index in [0.717, 1.165) is 44.1 Å². The zero-order valence-electron chi connectivity index (χ0n) is 35.1. The first-order chi connectivity index (χ1) is 24.5. The van der Waals surface area contributed by atoms with E-state index in [1.807, 2.05) is 6.92 Å². The van der Waals surface area contributed by atoms with Gasteiger partial charge >= 0.3 is 0 Å². The lowest BCUT2D eigenvalue weighted by atomic mass is 9.60. The first-order valence-electron chi connectivity index (χ1n) is 19.8. The molecular formula is C50H74O2. The number of hydrogen-bond acceptors (Lipinski definition) is 2. The summed E-state index contributed by atoms with van der Waals surface area (Å²) in [6.45, 7) is 27.2. The molecule has 0 saturated carbocycles. The molecule has 286 valence electrons. The summed E-state index contributed by atoms with van der Waals surface area (Å²) in [7, 11) is 0. The molecule has 4 unspecified atom stereocenters. The zero-order valence-corrected chi connectivity index (χ0v) is 35.1. The van der Waals surface area contributed by atoms with Gasteiger partial charge < -0.3 is 10.2 Å². The van der Waals surface area contributed by atoms with Crippen molar-refractivity contribution in [2.75, 3.05) is 13.2 Å². The summed E-state index contributed by atoms with van der Waals surface area (Å²) in [6, 6.07) is 0. The molecule has 2 N–H and O–H groups in total. The van der Waals surface area contributed by atoms with Crippen molar-refractivity contribution >= 4 is 0 Å².